The predicted molar refractivity (Wildman–Crippen MR) is 74.7 cm³/mol. The molecular formula is C14H19F2N3O2. The van der Waals surface area contributed by atoms with Gasteiger partial charge in [-0.05, 0) is 30.9 Å². The van der Waals surface area contributed by atoms with E-state index in [4.69, 9.17) is 10.6 Å². The molecule has 1 aliphatic heterocycles. The highest BCUT2D eigenvalue weighted by Crippen LogP contribution is 2.23. The van der Waals surface area contributed by atoms with E-state index in [-0.39, 0.29) is 11.5 Å². The number of piperidine rings is 1. The number of carbonyl (C=O) groups is 1. The molecule has 21 heavy (non-hydrogen) atoms. The molecule has 1 heterocycles. The lowest BCUT2D eigenvalue weighted by atomic mass is 9.97. The van der Waals surface area contributed by atoms with Crippen molar-refractivity contribution in [2.24, 2.45) is 11.8 Å². The lowest BCUT2D eigenvalue weighted by molar-refractivity contribution is 0.0613. The van der Waals surface area contributed by atoms with Gasteiger partial charge in [-0.15, -0.1) is 0 Å². The molecule has 7 heteroatoms. The van der Waals surface area contributed by atoms with Crippen LogP contribution in [0, 0.1) is 17.6 Å². The highest BCUT2D eigenvalue weighted by atomic mass is 19.1. The number of ether oxygens (including phenoxy) is 1. The van der Waals surface area contributed by atoms with Gasteiger partial charge in [-0.3, -0.25) is 10.6 Å². The maximum atomic E-state index is 13.6. The van der Waals surface area contributed by atoms with E-state index in [9.17, 15) is 13.6 Å². The Balaban J connectivity index is 2.07. The number of likely N-dealkylation sites (tertiary alicyclic amines) is 1. The highest BCUT2D eigenvalue weighted by molar-refractivity contribution is 5.94. The zero-order valence-corrected chi connectivity index (χ0v) is 11.9. The van der Waals surface area contributed by atoms with Gasteiger partial charge >= 0.3 is 0 Å². The van der Waals surface area contributed by atoms with E-state index < -0.39 is 17.3 Å². The van der Waals surface area contributed by atoms with Gasteiger partial charge in [0.05, 0.1) is 0 Å². The van der Waals surface area contributed by atoms with Gasteiger partial charge in [-0.25, -0.2) is 8.78 Å². The topological polar surface area (TPSA) is 67.6 Å². The normalized spacial score (nSPS) is 16.1. The predicted octanol–water partition coefficient (Wildman–Crippen LogP) is 1.75. The molecule has 5 nitrogen and oxygen atoms in total. The first kappa shape index (κ1) is 15.7. The number of halogens is 2. The number of hydrazine groups is 1. The van der Waals surface area contributed by atoms with Crippen LogP contribution in [-0.2, 0) is 4.74 Å². The number of nitrogens with zero attached hydrogens (tertiary/aromatic N) is 1. The van der Waals surface area contributed by atoms with Crippen LogP contribution in [0.5, 0.6) is 0 Å². The second kappa shape index (κ2) is 6.82. The third-order valence-corrected chi connectivity index (χ3v) is 3.74. The molecule has 0 bridgehead atoms. The molecule has 0 saturated carbocycles. The van der Waals surface area contributed by atoms with Crippen LogP contribution in [0.4, 0.5) is 14.5 Å². The second-order valence-corrected chi connectivity index (χ2v) is 5.15. The minimum absolute atomic E-state index is 0.00538. The van der Waals surface area contributed by atoms with Crippen molar-refractivity contribution in [3.63, 3.8) is 0 Å². The Morgan fingerprint density at radius 2 is 1.95 bits per heavy atom. The average molecular weight is 299 g/mol. The Morgan fingerprint density at radius 1 is 1.38 bits per heavy atom. The highest BCUT2D eigenvalue weighted by Gasteiger charge is 2.25. The fraction of sp³-hybridized carbons (Fsp3) is 0.500. The molecule has 1 aromatic carbocycles. The van der Waals surface area contributed by atoms with Crippen LogP contribution >= 0.6 is 0 Å². The molecule has 1 amide bonds. The van der Waals surface area contributed by atoms with Crippen LogP contribution in [-0.4, -0.2) is 37.6 Å². The monoisotopic (exact) mass is 299 g/mol. The third-order valence-electron chi connectivity index (χ3n) is 3.74. The summed E-state index contributed by atoms with van der Waals surface area (Å²) in [4.78, 5) is 13.9. The van der Waals surface area contributed by atoms with Crippen molar-refractivity contribution >= 4 is 11.6 Å². The van der Waals surface area contributed by atoms with E-state index in [1.165, 1.54) is 0 Å². The Kier molecular flexibility index (Phi) is 5.08. The van der Waals surface area contributed by atoms with Crippen LogP contribution < -0.4 is 11.3 Å². The Hall–Kier alpha value is -1.73. The molecule has 0 unspecified atom stereocenters. The molecule has 1 fully saturated rings. The van der Waals surface area contributed by atoms with Gasteiger partial charge in [-0.2, -0.15) is 0 Å². The van der Waals surface area contributed by atoms with Crippen molar-refractivity contribution < 1.29 is 18.3 Å². The van der Waals surface area contributed by atoms with Crippen molar-refractivity contribution in [1.29, 1.82) is 0 Å². The molecular weight excluding hydrogens is 280 g/mol. The molecule has 0 atom stereocenters. The number of methoxy groups -OCH3 is 1. The third kappa shape index (κ3) is 3.48. The molecule has 0 aromatic heterocycles. The SMILES string of the molecule is COCC1CCN(C(=O)c2cc(F)c(NN)c(F)c2)CC1. The Bertz CT molecular complexity index is 494. The standard InChI is InChI=1S/C14H19F2N3O2/c1-21-8-9-2-4-19(5-3-9)14(20)10-6-11(15)13(18-17)12(16)7-10/h6-7,9,18H,2-5,8,17H2,1H3. The number of nitrogens with two attached hydrogens (primary N) is 1. The van der Waals surface area contributed by atoms with E-state index in [0.717, 1.165) is 25.0 Å². The van der Waals surface area contributed by atoms with Crippen molar-refractivity contribution in [3.05, 3.63) is 29.3 Å². The molecule has 0 spiro atoms. The first-order valence-electron chi connectivity index (χ1n) is 6.80. The van der Waals surface area contributed by atoms with Gasteiger partial charge in [0.15, 0.2) is 11.6 Å². The molecule has 1 saturated heterocycles. The van der Waals surface area contributed by atoms with Crippen molar-refractivity contribution in [3.8, 4) is 0 Å². The number of hydrogen-bond acceptors (Lipinski definition) is 4. The van der Waals surface area contributed by atoms with E-state index in [1.54, 1.807) is 12.0 Å². The van der Waals surface area contributed by atoms with Gasteiger partial charge < -0.3 is 15.1 Å². The summed E-state index contributed by atoms with van der Waals surface area (Å²) in [5, 5.41) is 0. The fourth-order valence-electron chi connectivity index (χ4n) is 2.56. The fourth-order valence-corrected chi connectivity index (χ4v) is 2.56. The summed E-state index contributed by atoms with van der Waals surface area (Å²) in [6, 6.07) is 2.00. The minimum atomic E-state index is -0.880. The Morgan fingerprint density at radius 3 is 2.43 bits per heavy atom. The summed E-state index contributed by atoms with van der Waals surface area (Å²) in [7, 11) is 1.65. The number of nitrogens with one attached hydrogen (secondary N) is 1. The molecule has 1 aromatic rings. The van der Waals surface area contributed by atoms with Crippen LogP contribution in [0.15, 0.2) is 12.1 Å². The van der Waals surface area contributed by atoms with Crippen LogP contribution in [0.25, 0.3) is 0 Å². The van der Waals surface area contributed by atoms with E-state index in [2.05, 4.69) is 0 Å². The average Bonchev–Trinajstić information content (AvgIpc) is 2.47. The first-order valence-corrected chi connectivity index (χ1v) is 6.80. The van der Waals surface area contributed by atoms with Gasteiger partial charge in [-0.1, -0.05) is 0 Å². The molecule has 1 aliphatic rings. The van der Waals surface area contributed by atoms with Gasteiger partial charge in [0.25, 0.3) is 5.91 Å². The molecule has 0 radical (unpaired) electrons. The first-order chi connectivity index (χ1) is 10.1. The van der Waals surface area contributed by atoms with E-state index in [1.807, 2.05) is 5.43 Å². The quantitative estimate of drug-likeness (QED) is 0.656. The Labute approximate surface area is 122 Å². The van der Waals surface area contributed by atoms with Crippen molar-refractivity contribution in [1.82, 2.24) is 4.90 Å². The second-order valence-electron chi connectivity index (χ2n) is 5.15. The number of benzene rings is 1. The zero-order valence-electron chi connectivity index (χ0n) is 11.9. The number of hydrogen-bond donors (Lipinski definition) is 2. The summed E-state index contributed by atoms with van der Waals surface area (Å²) >= 11 is 0. The van der Waals surface area contributed by atoms with Crippen LogP contribution in [0.3, 0.4) is 0 Å². The van der Waals surface area contributed by atoms with E-state index >= 15 is 0 Å². The van der Waals surface area contributed by atoms with Crippen LogP contribution in [0.1, 0.15) is 23.2 Å². The largest absolute Gasteiger partial charge is 0.384 e. The van der Waals surface area contributed by atoms with Crippen molar-refractivity contribution in [2.75, 3.05) is 32.2 Å². The minimum Gasteiger partial charge on any atom is -0.384 e. The summed E-state index contributed by atoms with van der Waals surface area (Å²) in [6.45, 7) is 1.79. The number of amides is 1. The smallest absolute Gasteiger partial charge is 0.254 e. The molecule has 116 valence electrons. The summed E-state index contributed by atoms with van der Waals surface area (Å²) in [5.74, 6) is 3.33. The lowest BCUT2D eigenvalue weighted by Crippen LogP contribution is -2.39. The van der Waals surface area contributed by atoms with Gasteiger partial charge in [0.1, 0.15) is 5.69 Å². The van der Waals surface area contributed by atoms with Crippen LogP contribution in [0.2, 0.25) is 0 Å². The number of rotatable bonds is 4. The summed E-state index contributed by atoms with van der Waals surface area (Å²) in [6.07, 6.45) is 1.65. The summed E-state index contributed by atoms with van der Waals surface area (Å²) < 4.78 is 32.4. The lowest BCUT2D eigenvalue weighted by Gasteiger charge is -2.31. The van der Waals surface area contributed by atoms with E-state index in [0.29, 0.717) is 25.6 Å². The number of nitrogen functional groups attached to an aromatic ring is 1. The summed E-state index contributed by atoms with van der Waals surface area (Å²) in [5.41, 5.74) is 1.50. The van der Waals surface area contributed by atoms with Gasteiger partial charge in [0, 0.05) is 32.4 Å². The molecule has 2 rings (SSSR count). The van der Waals surface area contributed by atoms with Crippen molar-refractivity contribution in [2.45, 2.75) is 12.8 Å². The maximum Gasteiger partial charge on any atom is 0.254 e. The molecule has 3 N–H and O–H groups in total. The number of anilines is 1. The molecule has 0 aliphatic carbocycles. The maximum absolute atomic E-state index is 13.6. The van der Waals surface area contributed by atoms with Gasteiger partial charge in [0.2, 0.25) is 0 Å². The zero-order chi connectivity index (χ0) is 15.4. The number of carbonyl (C=O) groups excluding carboxylic acids is 1.